The molecule has 0 unspecified atom stereocenters. The van der Waals surface area contributed by atoms with Crippen LogP contribution < -0.4 is 9.47 Å². The molecule has 138 valence electrons. The molecule has 27 heavy (non-hydrogen) atoms. The Balaban J connectivity index is 1.96. The molecule has 0 saturated carbocycles. The number of benzene rings is 2. The van der Waals surface area contributed by atoms with Crippen LogP contribution in [-0.2, 0) is 14.3 Å². The van der Waals surface area contributed by atoms with Crippen LogP contribution in [0.2, 0.25) is 0 Å². The number of carbonyl (C=O) groups excluding carboxylic acids is 2. The van der Waals surface area contributed by atoms with Gasteiger partial charge in [0.1, 0.15) is 0 Å². The Morgan fingerprint density at radius 1 is 1.26 bits per heavy atom. The smallest absolute Gasteiger partial charge is 0.363 e. The number of cyclic esters (lactones) is 1. The van der Waals surface area contributed by atoms with Gasteiger partial charge in [0.05, 0.1) is 11.6 Å². The molecule has 1 aliphatic heterocycles. The number of ether oxygens (including phenoxy) is 3. The van der Waals surface area contributed by atoms with Gasteiger partial charge in [-0.1, -0.05) is 0 Å². The van der Waals surface area contributed by atoms with Gasteiger partial charge in [-0.15, -0.1) is 0 Å². The minimum Gasteiger partial charge on any atom is -0.493 e. The Hall–Kier alpha value is -2.20. The predicted molar refractivity (Wildman–Crippen MR) is 112 cm³/mol. The molecule has 2 aromatic rings. The average molecular weight is 542 g/mol. The maximum atomic E-state index is 12.2. The molecular formula is C19H13BrINO5. The van der Waals surface area contributed by atoms with Crippen molar-refractivity contribution in [3.8, 4) is 11.5 Å². The molecule has 0 N–H and O–H groups in total. The number of aliphatic imine (C=N–C) groups is 1. The van der Waals surface area contributed by atoms with E-state index in [2.05, 4.69) is 43.5 Å². The monoisotopic (exact) mass is 541 g/mol. The summed E-state index contributed by atoms with van der Waals surface area (Å²) in [4.78, 5) is 27.7. The van der Waals surface area contributed by atoms with Crippen molar-refractivity contribution < 1.29 is 23.8 Å². The van der Waals surface area contributed by atoms with Crippen molar-refractivity contribution in [1.29, 1.82) is 0 Å². The first-order valence-corrected chi connectivity index (χ1v) is 9.59. The van der Waals surface area contributed by atoms with Crippen LogP contribution in [0.3, 0.4) is 0 Å². The van der Waals surface area contributed by atoms with Crippen LogP contribution in [0.25, 0.3) is 6.08 Å². The first kappa shape index (κ1) is 19.6. The van der Waals surface area contributed by atoms with Gasteiger partial charge in [-0.25, -0.2) is 9.79 Å². The van der Waals surface area contributed by atoms with Gasteiger partial charge in [0.25, 0.3) is 0 Å². The Kier molecular flexibility index (Phi) is 5.95. The highest BCUT2D eigenvalue weighted by Gasteiger charge is 2.24. The molecule has 1 aliphatic rings. The summed E-state index contributed by atoms with van der Waals surface area (Å²) in [6, 6.07) is 10.8. The summed E-state index contributed by atoms with van der Waals surface area (Å²) in [5.41, 5.74) is 1.52. The second-order valence-corrected chi connectivity index (χ2v) is 7.57. The van der Waals surface area contributed by atoms with Gasteiger partial charge in [0, 0.05) is 16.1 Å². The Labute approximate surface area is 177 Å². The van der Waals surface area contributed by atoms with Crippen LogP contribution in [0, 0.1) is 3.57 Å². The van der Waals surface area contributed by atoms with E-state index < -0.39 is 11.9 Å². The van der Waals surface area contributed by atoms with E-state index in [0.717, 1.165) is 9.13 Å². The van der Waals surface area contributed by atoms with Crippen LogP contribution in [0.1, 0.15) is 18.1 Å². The van der Waals surface area contributed by atoms with Crippen molar-refractivity contribution in [1.82, 2.24) is 0 Å². The van der Waals surface area contributed by atoms with E-state index in [0.29, 0.717) is 15.8 Å². The lowest BCUT2D eigenvalue weighted by Crippen LogP contribution is -2.05. The summed E-state index contributed by atoms with van der Waals surface area (Å²) in [7, 11) is 1.46. The average Bonchev–Trinajstić information content (AvgIpc) is 2.98. The number of nitrogens with zero attached hydrogens (tertiary/aromatic N) is 1. The van der Waals surface area contributed by atoms with E-state index in [9.17, 15) is 9.59 Å². The van der Waals surface area contributed by atoms with Crippen molar-refractivity contribution in [3.63, 3.8) is 0 Å². The molecule has 3 rings (SSSR count). The first-order valence-electron chi connectivity index (χ1n) is 7.72. The van der Waals surface area contributed by atoms with Crippen molar-refractivity contribution in [2.24, 2.45) is 4.99 Å². The van der Waals surface area contributed by atoms with Gasteiger partial charge in [-0.2, -0.15) is 0 Å². The number of esters is 2. The number of rotatable bonds is 4. The maximum absolute atomic E-state index is 12.2. The van der Waals surface area contributed by atoms with Gasteiger partial charge >= 0.3 is 11.9 Å². The summed E-state index contributed by atoms with van der Waals surface area (Å²) < 4.78 is 17.3. The normalized spacial score (nSPS) is 14.7. The molecule has 2 aromatic carbocycles. The topological polar surface area (TPSA) is 74.2 Å². The summed E-state index contributed by atoms with van der Waals surface area (Å²) >= 11 is 5.54. The number of carbonyl (C=O) groups is 2. The minimum absolute atomic E-state index is 0.165. The molecule has 0 bridgehead atoms. The third kappa shape index (κ3) is 4.56. The predicted octanol–water partition coefficient (Wildman–Crippen LogP) is 4.33. The van der Waals surface area contributed by atoms with E-state index in [1.54, 1.807) is 18.2 Å². The van der Waals surface area contributed by atoms with Crippen molar-refractivity contribution >= 4 is 62.4 Å². The fourth-order valence-corrected chi connectivity index (χ4v) is 3.25. The number of hydrogen-bond donors (Lipinski definition) is 0. The standard InChI is InChI=1S/C19H13BrINO5/c1-10(23)26-17-14(20)7-11(9-16(17)25-2)8-15-19(24)27-18(22-15)12-3-5-13(21)6-4-12/h3-9H,1-2H3/b15-8-. The van der Waals surface area contributed by atoms with Crippen LogP contribution >= 0.6 is 38.5 Å². The fourth-order valence-electron chi connectivity index (χ4n) is 2.35. The molecule has 0 amide bonds. The molecule has 0 aromatic heterocycles. The van der Waals surface area contributed by atoms with Crippen LogP contribution in [0.5, 0.6) is 11.5 Å². The molecular weight excluding hydrogens is 529 g/mol. The van der Waals surface area contributed by atoms with Crippen LogP contribution in [-0.4, -0.2) is 24.9 Å². The summed E-state index contributed by atoms with van der Waals surface area (Å²) in [6.07, 6.45) is 1.58. The third-order valence-corrected chi connectivity index (χ3v) is 4.82. The highest BCUT2D eigenvalue weighted by Crippen LogP contribution is 2.37. The van der Waals surface area contributed by atoms with E-state index in [1.165, 1.54) is 14.0 Å². The molecule has 0 spiro atoms. The Morgan fingerprint density at radius 2 is 1.96 bits per heavy atom. The number of methoxy groups -OCH3 is 1. The van der Waals surface area contributed by atoms with Crippen molar-refractivity contribution in [2.45, 2.75) is 6.92 Å². The maximum Gasteiger partial charge on any atom is 0.363 e. The quantitative estimate of drug-likeness (QED) is 0.249. The zero-order valence-corrected chi connectivity index (χ0v) is 18.0. The lowest BCUT2D eigenvalue weighted by atomic mass is 10.1. The van der Waals surface area contributed by atoms with Crippen molar-refractivity contribution in [3.05, 3.63) is 61.3 Å². The number of halogens is 2. The van der Waals surface area contributed by atoms with Crippen molar-refractivity contribution in [2.75, 3.05) is 7.11 Å². The molecule has 1 heterocycles. The molecule has 6 nitrogen and oxygen atoms in total. The fraction of sp³-hybridized carbons (Fsp3) is 0.105. The van der Waals surface area contributed by atoms with E-state index in [1.807, 2.05) is 24.3 Å². The molecule has 0 saturated heterocycles. The first-order chi connectivity index (χ1) is 12.9. The van der Waals surface area contributed by atoms with Gasteiger partial charge < -0.3 is 14.2 Å². The van der Waals surface area contributed by atoms with E-state index >= 15 is 0 Å². The second kappa shape index (κ2) is 8.22. The molecule has 0 radical (unpaired) electrons. The largest absolute Gasteiger partial charge is 0.493 e. The highest BCUT2D eigenvalue weighted by molar-refractivity contribution is 14.1. The highest BCUT2D eigenvalue weighted by atomic mass is 127. The number of hydrogen-bond acceptors (Lipinski definition) is 6. The SMILES string of the molecule is COc1cc(/C=C2\N=C(c3ccc(I)cc3)OC2=O)cc(Br)c1OC(C)=O. The van der Waals surface area contributed by atoms with Gasteiger partial charge in [-0.05, 0) is 86.6 Å². The van der Waals surface area contributed by atoms with Gasteiger partial charge in [0.15, 0.2) is 17.2 Å². The van der Waals surface area contributed by atoms with Crippen LogP contribution in [0.15, 0.2) is 51.6 Å². The Bertz CT molecular complexity index is 982. The van der Waals surface area contributed by atoms with E-state index in [-0.39, 0.29) is 17.3 Å². The summed E-state index contributed by atoms with van der Waals surface area (Å²) in [5, 5.41) is 0. The molecule has 0 aliphatic carbocycles. The minimum atomic E-state index is -0.539. The van der Waals surface area contributed by atoms with Crippen LogP contribution in [0.4, 0.5) is 0 Å². The second-order valence-electron chi connectivity index (χ2n) is 5.47. The molecule has 0 atom stereocenters. The zero-order chi connectivity index (χ0) is 19.6. The summed E-state index contributed by atoms with van der Waals surface area (Å²) in [5.74, 6) is -0.136. The lowest BCUT2D eigenvalue weighted by Gasteiger charge is -2.11. The zero-order valence-electron chi connectivity index (χ0n) is 14.3. The molecule has 8 heteroatoms. The van der Waals surface area contributed by atoms with Gasteiger partial charge in [-0.3, -0.25) is 4.79 Å². The molecule has 0 fully saturated rings. The Morgan fingerprint density at radius 3 is 2.59 bits per heavy atom. The van der Waals surface area contributed by atoms with Gasteiger partial charge in [0.2, 0.25) is 5.90 Å². The summed E-state index contributed by atoms with van der Waals surface area (Å²) in [6.45, 7) is 1.30. The van der Waals surface area contributed by atoms with E-state index in [4.69, 9.17) is 14.2 Å². The lowest BCUT2D eigenvalue weighted by molar-refractivity contribution is -0.132. The third-order valence-electron chi connectivity index (χ3n) is 3.51.